The standard InChI is InChI=1S/C21H22ClN5O2S/c1-3-26-18(12-23-20(29)17-7-5-4-6-14(17)2)25-27(21(26)30)13-19(28)24-16-10-8-15(22)9-11-16/h4-11H,3,12-13H2,1-2H3,(H,23,29)(H,24,28). The van der Waals surface area contributed by atoms with Crippen molar-refractivity contribution in [2.75, 3.05) is 5.32 Å². The molecule has 1 aromatic heterocycles. The monoisotopic (exact) mass is 443 g/mol. The topological polar surface area (TPSA) is 81.0 Å². The fraction of sp³-hybridized carbons (Fsp3) is 0.238. The quantitative estimate of drug-likeness (QED) is 0.541. The number of rotatable bonds is 7. The highest BCUT2D eigenvalue weighted by atomic mass is 35.5. The smallest absolute Gasteiger partial charge is 0.251 e. The first-order valence-corrected chi connectivity index (χ1v) is 10.2. The molecule has 0 saturated carbocycles. The highest BCUT2D eigenvalue weighted by Gasteiger charge is 2.15. The number of halogens is 1. The lowest BCUT2D eigenvalue weighted by Gasteiger charge is -2.07. The second-order valence-corrected chi connectivity index (χ2v) is 7.45. The predicted octanol–water partition coefficient (Wildman–Crippen LogP) is 3.96. The third kappa shape index (κ3) is 5.14. The minimum Gasteiger partial charge on any atom is -0.345 e. The molecule has 7 nitrogen and oxygen atoms in total. The molecule has 0 aliphatic carbocycles. The molecule has 3 aromatic rings. The highest BCUT2D eigenvalue weighted by Crippen LogP contribution is 2.13. The summed E-state index contributed by atoms with van der Waals surface area (Å²) in [6.45, 7) is 4.57. The van der Waals surface area contributed by atoms with Crippen molar-refractivity contribution in [3.8, 4) is 0 Å². The van der Waals surface area contributed by atoms with Gasteiger partial charge in [-0.15, -0.1) is 0 Å². The Hall–Kier alpha value is -2.97. The summed E-state index contributed by atoms with van der Waals surface area (Å²) in [5.41, 5.74) is 2.14. The SMILES string of the molecule is CCn1c(CNC(=O)c2ccccc2C)nn(CC(=O)Nc2ccc(Cl)cc2)c1=S. The zero-order valence-corrected chi connectivity index (χ0v) is 18.3. The molecular weight excluding hydrogens is 422 g/mol. The third-order valence-corrected chi connectivity index (χ3v) is 5.22. The molecule has 1 heterocycles. The van der Waals surface area contributed by atoms with Crippen LogP contribution in [-0.2, 0) is 24.4 Å². The number of amides is 2. The van der Waals surface area contributed by atoms with Crippen LogP contribution in [0.15, 0.2) is 48.5 Å². The van der Waals surface area contributed by atoms with Crippen LogP contribution in [0.1, 0.15) is 28.7 Å². The van der Waals surface area contributed by atoms with Crippen molar-refractivity contribution in [1.82, 2.24) is 19.7 Å². The summed E-state index contributed by atoms with van der Waals surface area (Å²) in [6, 6.07) is 14.2. The Morgan fingerprint density at radius 1 is 1.13 bits per heavy atom. The van der Waals surface area contributed by atoms with Gasteiger partial charge in [-0.3, -0.25) is 9.59 Å². The zero-order valence-electron chi connectivity index (χ0n) is 16.7. The van der Waals surface area contributed by atoms with E-state index in [0.29, 0.717) is 33.4 Å². The van der Waals surface area contributed by atoms with Crippen LogP contribution in [0.2, 0.25) is 5.02 Å². The van der Waals surface area contributed by atoms with Crippen molar-refractivity contribution in [2.45, 2.75) is 33.5 Å². The number of nitrogens with one attached hydrogen (secondary N) is 2. The number of carbonyl (C=O) groups is 2. The molecule has 0 radical (unpaired) electrons. The van der Waals surface area contributed by atoms with Gasteiger partial charge < -0.3 is 15.2 Å². The molecule has 0 spiro atoms. The van der Waals surface area contributed by atoms with E-state index in [4.69, 9.17) is 23.8 Å². The van der Waals surface area contributed by atoms with Gasteiger partial charge in [0.1, 0.15) is 6.54 Å². The number of aromatic nitrogens is 3. The molecule has 2 N–H and O–H groups in total. The summed E-state index contributed by atoms with van der Waals surface area (Å²) >= 11 is 11.3. The van der Waals surface area contributed by atoms with Crippen LogP contribution in [0, 0.1) is 11.7 Å². The molecule has 0 bridgehead atoms. The number of anilines is 1. The Bertz CT molecular complexity index is 1120. The van der Waals surface area contributed by atoms with Gasteiger partial charge in [0.05, 0.1) is 6.54 Å². The molecule has 0 fully saturated rings. The van der Waals surface area contributed by atoms with Gasteiger partial charge in [0.2, 0.25) is 5.91 Å². The van der Waals surface area contributed by atoms with Gasteiger partial charge in [-0.05, 0) is 62.0 Å². The molecule has 3 rings (SSSR count). The van der Waals surface area contributed by atoms with E-state index < -0.39 is 0 Å². The van der Waals surface area contributed by atoms with Gasteiger partial charge in [0.15, 0.2) is 10.6 Å². The first-order valence-electron chi connectivity index (χ1n) is 9.44. The number of nitrogens with zero attached hydrogens (tertiary/aromatic N) is 3. The van der Waals surface area contributed by atoms with Crippen LogP contribution >= 0.6 is 23.8 Å². The largest absolute Gasteiger partial charge is 0.345 e. The second-order valence-electron chi connectivity index (χ2n) is 6.65. The molecule has 2 amide bonds. The van der Waals surface area contributed by atoms with Gasteiger partial charge in [0.25, 0.3) is 5.91 Å². The molecule has 0 aliphatic heterocycles. The normalized spacial score (nSPS) is 10.6. The Balaban J connectivity index is 1.69. The minimum absolute atomic E-state index is 0.0345. The molecule has 156 valence electrons. The van der Waals surface area contributed by atoms with Crippen molar-refractivity contribution in [1.29, 1.82) is 0 Å². The molecule has 0 saturated heterocycles. The highest BCUT2D eigenvalue weighted by molar-refractivity contribution is 7.71. The average Bonchev–Trinajstić information content (AvgIpc) is 3.02. The van der Waals surface area contributed by atoms with E-state index in [1.54, 1.807) is 34.9 Å². The fourth-order valence-electron chi connectivity index (χ4n) is 2.99. The van der Waals surface area contributed by atoms with Gasteiger partial charge >= 0.3 is 0 Å². The van der Waals surface area contributed by atoms with Crippen molar-refractivity contribution in [3.63, 3.8) is 0 Å². The molecule has 9 heteroatoms. The molecule has 0 atom stereocenters. The number of aryl methyl sites for hydroxylation is 1. The first kappa shape index (κ1) is 21.7. The maximum atomic E-state index is 12.5. The third-order valence-electron chi connectivity index (χ3n) is 4.53. The molecule has 30 heavy (non-hydrogen) atoms. The predicted molar refractivity (Wildman–Crippen MR) is 119 cm³/mol. The number of benzene rings is 2. The van der Waals surface area contributed by atoms with Crippen LogP contribution < -0.4 is 10.6 Å². The van der Waals surface area contributed by atoms with Crippen LogP contribution in [-0.4, -0.2) is 26.2 Å². The van der Waals surface area contributed by atoms with E-state index in [-0.39, 0.29) is 24.9 Å². The lowest BCUT2D eigenvalue weighted by Crippen LogP contribution is -2.25. The molecule has 0 aliphatic rings. The van der Waals surface area contributed by atoms with E-state index >= 15 is 0 Å². The van der Waals surface area contributed by atoms with Gasteiger partial charge in [-0.25, -0.2) is 4.68 Å². The minimum atomic E-state index is -0.260. The summed E-state index contributed by atoms with van der Waals surface area (Å²) < 4.78 is 3.67. The van der Waals surface area contributed by atoms with Gasteiger partial charge in [0, 0.05) is 22.8 Å². The lowest BCUT2D eigenvalue weighted by atomic mass is 10.1. The van der Waals surface area contributed by atoms with E-state index in [1.165, 1.54) is 4.68 Å². The summed E-state index contributed by atoms with van der Waals surface area (Å²) in [5, 5.41) is 10.7. The molecule has 2 aromatic carbocycles. The van der Waals surface area contributed by atoms with Crippen molar-refractivity contribution >= 4 is 41.3 Å². The number of carbonyl (C=O) groups excluding carboxylic acids is 2. The van der Waals surface area contributed by atoms with Gasteiger partial charge in [-0.2, -0.15) is 5.10 Å². The van der Waals surface area contributed by atoms with E-state index in [1.807, 2.05) is 32.0 Å². The summed E-state index contributed by atoms with van der Waals surface area (Å²) in [5.74, 6) is 0.144. The average molecular weight is 444 g/mol. The van der Waals surface area contributed by atoms with Crippen molar-refractivity contribution in [3.05, 3.63) is 75.3 Å². The Morgan fingerprint density at radius 3 is 2.50 bits per heavy atom. The van der Waals surface area contributed by atoms with Crippen LogP contribution in [0.4, 0.5) is 5.69 Å². The zero-order chi connectivity index (χ0) is 21.7. The second kappa shape index (κ2) is 9.69. The van der Waals surface area contributed by atoms with Crippen LogP contribution in [0.5, 0.6) is 0 Å². The van der Waals surface area contributed by atoms with Crippen LogP contribution in [0.25, 0.3) is 0 Å². The van der Waals surface area contributed by atoms with Gasteiger partial charge in [-0.1, -0.05) is 29.8 Å². The number of hydrogen-bond donors (Lipinski definition) is 2. The van der Waals surface area contributed by atoms with Crippen LogP contribution in [0.3, 0.4) is 0 Å². The van der Waals surface area contributed by atoms with E-state index in [9.17, 15) is 9.59 Å². The van der Waals surface area contributed by atoms with Crippen molar-refractivity contribution < 1.29 is 9.59 Å². The fourth-order valence-corrected chi connectivity index (χ4v) is 3.46. The van der Waals surface area contributed by atoms with E-state index in [2.05, 4.69) is 15.7 Å². The first-order chi connectivity index (χ1) is 14.4. The summed E-state index contributed by atoms with van der Waals surface area (Å²) in [4.78, 5) is 24.9. The maximum Gasteiger partial charge on any atom is 0.251 e. The maximum absolute atomic E-state index is 12.5. The summed E-state index contributed by atoms with van der Waals surface area (Å²) in [6.07, 6.45) is 0. The molecular formula is C21H22ClN5O2S. The lowest BCUT2D eigenvalue weighted by molar-refractivity contribution is -0.116. The van der Waals surface area contributed by atoms with E-state index in [0.717, 1.165) is 5.56 Å². The molecule has 0 unspecified atom stereocenters. The Morgan fingerprint density at radius 2 is 1.83 bits per heavy atom. The summed E-state index contributed by atoms with van der Waals surface area (Å²) in [7, 11) is 0. The Labute approximate surface area is 184 Å². The Kier molecular flexibility index (Phi) is 7.02. The number of hydrogen-bond acceptors (Lipinski definition) is 4. The van der Waals surface area contributed by atoms with Crippen molar-refractivity contribution in [2.24, 2.45) is 0 Å².